The van der Waals surface area contributed by atoms with E-state index in [1.54, 1.807) is 0 Å². The van der Waals surface area contributed by atoms with Gasteiger partial charge in [-0.15, -0.1) is 5.10 Å². The fourth-order valence-electron chi connectivity index (χ4n) is 1.72. The van der Waals surface area contributed by atoms with E-state index in [-0.39, 0.29) is 23.0 Å². The van der Waals surface area contributed by atoms with E-state index >= 15 is 0 Å². The third-order valence-corrected chi connectivity index (χ3v) is 3.08. The van der Waals surface area contributed by atoms with Crippen LogP contribution in [0.25, 0.3) is 0 Å². The van der Waals surface area contributed by atoms with E-state index in [0.717, 1.165) is 16.8 Å². The molecule has 1 aromatic heterocycles. The Balaban J connectivity index is 2.12. The zero-order valence-corrected chi connectivity index (χ0v) is 12.0. The van der Waals surface area contributed by atoms with Crippen LogP contribution in [0.3, 0.4) is 0 Å². The van der Waals surface area contributed by atoms with Crippen molar-refractivity contribution in [3.63, 3.8) is 0 Å². The van der Waals surface area contributed by atoms with Crippen LogP contribution < -0.4 is 5.32 Å². The van der Waals surface area contributed by atoms with Gasteiger partial charge in [0.15, 0.2) is 0 Å². The maximum absolute atomic E-state index is 11.9. The summed E-state index contributed by atoms with van der Waals surface area (Å²) >= 11 is 11.4. The van der Waals surface area contributed by atoms with E-state index in [4.69, 9.17) is 23.2 Å². The Morgan fingerprint density at radius 1 is 1.32 bits per heavy atom. The number of aromatic nitrogens is 3. The van der Waals surface area contributed by atoms with Crippen LogP contribution in [0.4, 0.5) is 5.69 Å². The van der Waals surface area contributed by atoms with Crippen LogP contribution in [0.2, 0.25) is 10.6 Å². The molecule has 0 radical (unpaired) electrons. The summed E-state index contributed by atoms with van der Waals surface area (Å²) in [5.41, 5.74) is 2.79. The Labute approximate surface area is 120 Å². The highest BCUT2D eigenvalue weighted by atomic mass is 35.5. The molecule has 2 rings (SSSR count). The van der Waals surface area contributed by atoms with E-state index in [1.165, 1.54) is 4.68 Å². The molecule has 7 heteroatoms. The summed E-state index contributed by atoms with van der Waals surface area (Å²) in [4.78, 5) is 15.7. The maximum atomic E-state index is 11.9. The predicted molar refractivity (Wildman–Crippen MR) is 74.6 cm³/mol. The van der Waals surface area contributed by atoms with Gasteiger partial charge in [-0.05, 0) is 48.2 Å². The first kappa shape index (κ1) is 13.8. The maximum Gasteiger partial charge on any atom is 0.246 e. The molecule has 1 amide bonds. The van der Waals surface area contributed by atoms with Crippen molar-refractivity contribution in [3.05, 3.63) is 39.9 Å². The number of nitrogens with one attached hydrogen (secondary N) is 1. The summed E-state index contributed by atoms with van der Waals surface area (Å²) in [6, 6.07) is 5.80. The van der Waals surface area contributed by atoms with Gasteiger partial charge in [0, 0.05) is 5.69 Å². The zero-order valence-electron chi connectivity index (χ0n) is 10.4. The van der Waals surface area contributed by atoms with Crippen LogP contribution >= 0.6 is 23.2 Å². The highest BCUT2D eigenvalue weighted by Gasteiger charge is 2.12. The molecule has 0 bridgehead atoms. The van der Waals surface area contributed by atoms with Crippen LogP contribution in [0.15, 0.2) is 18.2 Å². The number of anilines is 1. The number of rotatable bonds is 3. The number of benzene rings is 1. The van der Waals surface area contributed by atoms with Crippen molar-refractivity contribution in [3.8, 4) is 0 Å². The van der Waals surface area contributed by atoms with Gasteiger partial charge in [-0.2, -0.15) is 4.98 Å². The van der Waals surface area contributed by atoms with Gasteiger partial charge in [-0.25, -0.2) is 4.68 Å². The predicted octanol–water partition coefficient (Wildman–Crippen LogP) is 2.84. The summed E-state index contributed by atoms with van der Waals surface area (Å²) in [5.74, 6) is -0.235. The van der Waals surface area contributed by atoms with Gasteiger partial charge in [0.25, 0.3) is 0 Å². The highest BCUT2D eigenvalue weighted by Crippen LogP contribution is 2.19. The summed E-state index contributed by atoms with van der Waals surface area (Å²) in [6.45, 7) is 3.83. The molecule has 0 spiro atoms. The zero-order chi connectivity index (χ0) is 14.0. The Morgan fingerprint density at radius 2 is 1.95 bits per heavy atom. The molecule has 2 aromatic rings. The van der Waals surface area contributed by atoms with Crippen molar-refractivity contribution in [2.45, 2.75) is 20.4 Å². The second kappa shape index (κ2) is 5.59. The lowest BCUT2D eigenvalue weighted by Gasteiger charge is -2.11. The van der Waals surface area contributed by atoms with E-state index < -0.39 is 0 Å². The first-order valence-electron chi connectivity index (χ1n) is 5.59. The molecule has 0 saturated carbocycles. The number of hydrogen-bond donors (Lipinski definition) is 1. The molecule has 5 nitrogen and oxygen atoms in total. The molecule has 0 aliphatic heterocycles. The van der Waals surface area contributed by atoms with Crippen LogP contribution in [0.5, 0.6) is 0 Å². The fourth-order valence-corrected chi connectivity index (χ4v) is 2.12. The number of aryl methyl sites for hydroxylation is 2. The Kier molecular flexibility index (Phi) is 4.07. The summed E-state index contributed by atoms with van der Waals surface area (Å²) in [5, 5.41) is 6.75. The fraction of sp³-hybridized carbons (Fsp3) is 0.250. The van der Waals surface area contributed by atoms with Gasteiger partial charge in [-0.3, -0.25) is 4.79 Å². The molecule has 1 aromatic carbocycles. The van der Waals surface area contributed by atoms with Crippen molar-refractivity contribution in [1.29, 1.82) is 0 Å². The smallest absolute Gasteiger partial charge is 0.246 e. The Bertz CT molecular complexity index is 604. The van der Waals surface area contributed by atoms with Crippen molar-refractivity contribution in [2.24, 2.45) is 0 Å². The minimum atomic E-state index is -0.235. The van der Waals surface area contributed by atoms with Gasteiger partial charge < -0.3 is 5.32 Å². The molecular formula is C12H12Cl2N4O. The van der Waals surface area contributed by atoms with Crippen molar-refractivity contribution in [2.75, 3.05) is 5.32 Å². The van der Waals surface area contributed by atoms with Crippen LogP contribution in [-0.4, -0.2) is 20.7 Å². The number of carbonyl (C=O) groups is 1. The van der Waals surface area contributed by atoms with Crippen LogP contribution in [0, 0.1) is 13.8 Å². The highest BCUT2D eigenvalue weighted by molar-refractivity contribution is 6.31. The number of para-hydroxylation sites is 1. The minimum absolute atomic E-state index is 0.0184. The number of amides is 1. The lowest BCUT2D eigenvalue weighted by Crippen LogP contribution is -2.20. The number of hydrogen-bond acceptors (Lipinski definition) is 3. The van der Waals surface area contributed by atoms with E-state index in [0.29, 0.717) is 0 Å². The number of carbonyl (C=O) groups excluding carboxylic acids is 1. The molecule has 1 heterocycles. The average molecular weight is 299 g/mol. The minimum Gasteiger partial charge on any atom is -0.324 e. The molecule has 19 heavy (non-hydrogen) atoms. The molecule has 0 aliphatic rings. The van der Waals surface area contributed by atoms with E-state index in [2.05, 4.69) is 15.4 Å². The normalized spacial score (nSPS) is 10.5. The van der Waals surface area contributed by atoms with Crippen molar-refractivity contribution < 1.29 is 4.79 Å². The quantitative estimate of drug-likeness (QED) is 0.948. The van der Waals surface area contributed by atoms with Gasteiger partial charge >= 0.3 is 0 Å². The molecular weight excluding hydrogens is 287 g/mol. The van der Waals surface area contributed by atoms with Crippen LogP contribution in [-0.2, 0) is 11.3 Å². The Hall–Kier alpha value is -1.59. The van der Waals surface area contributed by atoms with Gasteiger partial charge in [0.05, 0.1) is 0 Å². The molecule has 0 saturated heterocycles. The molecule has 0 fully saturated rings. The topological polar surface area (TPSA) is 59.8 Å². The monoisotopic (exact) mass is 298 g/mol. The third-order valence-electron chi connectivity index (χ3n) is 2.64. The lowest BCUT2D eigenvalue weighted by molar-refractivity contribution is -0.116. The summed E-state index contributed by atoms with van der Waals surface area (Å²) < 4.78 is 1.24. The van der Waals surface area contributed by atoms with Gasteiger partial charge in [0.2, 0.25) is 16.5 Å². The second-order valence-corrected chi connectivity index (χ2v) is 4.80. The Morgan fingerprint density at radius 3 is 2.47 bits per heavy atom. The molecule has 0 aliphatic carbocycles. The molecule has 100 valence electrons. The SMILES string of the molecule is Cc1cccc(C)c1NC(=O)Cn1nc(Cl)nc1Cl. The first-order valence-corrected chi connectivity index (χ1v) is 6.35. The van der Waals surface area contributed by atoms with Crippen molar-refractivity contribution in [1.82, 2.24) is 14.8 Å². The van der Waals surface area contributed by atoms with E-state index in [9.17, 15) is 4.79 Å². The number of nitrogens with zero attached hydrogens (tertiary/aromatic N) is 3. The van der Waals surface area contributed by atoms with Crippen molar-refractivity contribution >= 4 is 34.8 Å². The van der Waals surface area contributed by atoms with E-state index in [1.807, 2.05) is 32.0 Å². The lowest BCUT2D eigenvalue weighted by atomic mass is 10.1. The van der Waals surface area contributed by atoms with Gasteiger partial charge in [0.1, 0.15) is 6.54 Å². The molecule has 1 N–H and O–H groups in total. The standard InChI is InChI=1S/C12H12Cl2N4O/c1-7-4-3-5-8(2)10(7)15-9(19)6-18-12(14)16-11(13)17-18/h3-5H,6H2,1-2H3,(H,15,19). The first-order chi connectivity index (χ1) is 8.97. The molecule has 0 unspecified atom stereocenters. The third kappa shape index (κ3) is 3.24. The number of halogens is 2. The molecule has 0 atom stereocenters. The largest absolute Gasteiger partial charge is 0.324 e. The van der Waals surface area contributed by atoms with Gasteiger partial charge in [-0.1, -0.05) is 18.2 Å². The summed E-state index contributed by atoms with van der Waals surface area (Å²) in [7, 11) is 0. The van der Waals surface area contributed by atoms with Crippen LogP contribution in [0.1, 0.15) is 11.1 Å². The summed E-state index contributed by atoms with van der Waals surface area (Å²) in [6.07, 6.45) is 0. The second-order valence-electron chi connectivity index (χ2n) is 4.12. The average Bonchev–Trinajstić information content (AvgIpc) is 2.63.